The molecule has 0 unspecified atom stereocenters. The molecule has 0 saturated carbocycles. The quantitative estimate of drug-likeness (QED) is 0.666. The van der Waals surface area contributed by atoms with Crippen molar-refractivity contribution in [1.82, 2.24) is 9.80 Å². The van der Waals surface area contributed by atoms with Gasteiger partial charge in [-0.25, -0.2) is 0 Å². The third-order valence-electron chi connectivity index (χ3n) is 3.67. The second-order valence-corrected chi connectivity index (χ2v) is 7.35. The van der Waals surface area contributed by atoms with Crippen molar-refractivity contribution in [3.8, 4) is 0 Å². The monoisotopic (exact) mass is 308 g/mol. The zero-order valence-electron chi connectivity index (χ0n) is 12.8. The van der Waals surface area contributed by atoms with Crippen molar-refractivity contribution in [2.75, 3.05) is 45.6 Å². The average molecular weight is 308 g/mol. The van der Waals surface area contributed by atoms with Crippen molar-refractivity contribution < 1.29 is 17.7 Å². The Morgan fingerprint density at radius 1 is 1.30 bits per heavy atom. The Hall–Kier alpha value is -0.210. The van der Waals surface area contributed by atoms with Crippen molar-refractivity contribution in [2.24, 2.45) is 0 Å². The van der Waals surface area contributed by atoms with Gasteiger partial charge in [-0.1, -0.05) is 0 Å². The number of hydrogen-bond acceptors (Lipinski definition) is 5. The molecule has 1 aliphatic heterocycles. The predicted octanol–water partition coefficient (Wildman–Crippen LogP) is 0.695. The molecule has 1 aliphatic rings. The van der Waals surface area contributed by atoms with Crippen LogP contribution in [-0.4, -0.2) is 80.5 Å². The van der Waals surface area contributed by atoms with Gasteiger partial charge in [0.1, 0.15) is 0 Å². The van der Waals surface area contributed by atoms with E-state index in [2.05, 4.69) is 16.8 Å². The van der Waals surface area contributed by atoms with Crippen molar-refractivity contribution in [1.29, 1.82) is 0 Å². The Labute approximate surface area is 122 Å². The van der Waals surface area contributed by atoms with Crippen LogP contribution in [-0.2, 0) is 14.9 Å². The van der Waals surface area contributed by atoms with Gasteiger partial charge in [0, 0.05) is 19.1 Å². The molecule has 0 aliphatic carbocycles. The van der Waals surface area contributed by atoms with E-state index in [4.69, 9.17) is 9.29 Å². The van der Waals surface area contributed by atoms with E-state index in [1.165, 1.54) is 0 Å². The van der Waals surface area contributed by atoms with Gasteiger partial charge in [0.15, 0.2) is 0 Å². The topological polar surface area (TPSA) is 70.1 Å². The zero-order chi connectivity index (χ0) is 15.2. The summed E-state index contributed by atoms with van der Waals surface area (Å²) in [5.41, 5.74) is 0. The standard InChI is InChI=1S/C13H28N2O4S/c1-12(2)19-10-8-15(9-11-20(16,17)18)13-4-6-14(3)7-5-13/h12-13H,4-11H2,1-3H3,(H,16,17,18). The Morgan fingerprint density at radius 3 is 2.40 bits per heavy atom. The SMILES string of the molecule is CC(C)OCCN(CCS(=O)(=O)O)C1CCN(C)CC1. The number of piperidine rings is 1. The lowest BCUT2D eigenvalue weighted by Crippen LogP contribution is -2.46. The zero-order valence-corrected chi connectivity index (χ0v) is 13.6. The molecule has 120 valence electrons. The average Bonchev–Trinajstić information content (AvgIpc) is 2.33. The summed E-state index contributed by atoms with van der Waals surface area (Å²) in [6.07, 6.45) is 2.24. The van der Waals surface area contributed by atoms with Gasteiger partial charge in [0.2, 0.25) is 0 Å². The maximum atomic E-state index is 10.9. The van der Waals surface area contributed by atoms with Crippen molar-refractivity contribution in [3.63, 3.8) is 0 Å². The molecular formula is C13H28N2O4S. The van der Waals surface area contributed by atoms with Crippen molar-refractivity contribution in [2.45, 2.75) is 38.8 Å². The lowest BCUT2D eigenvalue weighted by Gasteiger charge is -2.37. The highest BCUT2D eigenvalue weighted by atomic mass is 32.2. The summed E-state index contributed by atoms with van der Waals surface area (Å²) in [5, 5.41) is 0. The first-order chi connectivity index (χ1) is 9.28. The number of rotatable bonds is 8. The Bertz CT molecular complexity index is 365. The molecular weight excluding hydrogens is 280 g/mol. The van der Waals surface area contributed by atoms with Gasteiger partial charge in [0.05, 0.1) is 18.5 Å². The van der Waals surface area contributed by atoms with Crippen LogP contribution in [0.2, 0.25) is 0 Å². The molecule has 6 nitrogen and oxygen atoms in total. The first-order valence-corrected chi connectivity index (χ1v) is 8.88. The first kappa shape index (κ1) is 17.8. The van der Waals surface area contributed by atoms with Gasteiger partial charge in [-0.2, -0.15) is 8.42 Å². The summed E-state index contributed by atoms with van der Waals surface area (Å²) in [6.45, 7) is 7.69. The van der Waals surface area contributed by atoms with Crippen LogP contribution < -0.4 is 0 Å². The van der Waals surface area contributed by atoms with E-state index in [-0.39, 0.29) is 11.9 Å². The van der Waals surface area contributed by atoms with E-state index >= 15 is 0 Å². The maximum Gasteiger partial charge on any atom is 0.266 e. The normalized spacial score (nSPS) is 19.1. The van der Waals surface area contributed by atoms with Crippen molar-refractivity contribution in [3.05, 3.63) is 0 Å². The smallest absolute Gasteiger partial charge is 0.266 e. The molecule has 1 heterocycles. The highest BCUT2D eigenvalue weighted by molar-refractivity contribution is 7.85. The van der Waals surface area contributed by atoms with Crippen LogP contribution in [0.3, 0.4) is 0 Å². The molecule has 7 heteroatoms. The number of ether oxygens (including phenoxy) is 1. The molecule has 0 aromatic heterocycles. The third kappa shape index (κ3) is 7.54. The molecule has 0 amide bonds. The van der Waals surface area contributed by atoms with Crippen LogP contribution >= 0.6 is 0 Å². The fourth-order valence-electron chi connectivity index (χ4n) is 2.48. The van der Waals surface area contributed by atoms with Gasteiger partial charge in [-0.3, -0.25) is 9.45 Å². The molecule has 1 N–H and O–H groups in total. The molecule has 0 bridgehead atoms. The largest absolute Gasteiger partial charge is 0.377 e. The maximum absolute atomic E-state index is 10.9. The van der Waals surface area contributed by atoms with E-state index in [1.54, 1.807) is 0 Å². The van der Waals surface area contributed by atoms with E-state index in [0.29, 0.717) is 25.7 Å². The molecule has 0 aromatic carbocycles. The summed E-state index contributed by atoms with van der Waals surface area (Å²) in [5.74, 6) is -0.207. The summed E-state index contributed by atoms with van der Waals surface area (Å²) in [4.78, 5) is 4.42. The van der Waals surface area contributed by atoms with Gasteiger partial charge in [0.25, 0.3) is 10.1 Å². The summed E-state index contributed by atoms with van der Waals surface area (Å²) in [6, 6.07) is 0.378. The van der Waals surface area contributed by atoms with E-state index in [1.807, 2.05) is 13.8 Å². The second kappa shape index (κ2) is 8.29. The van der Waals surface area contributed by atoms with Crippen LogP contribution in [0, 0.1) is 0 Å². The van der Waals surface area contributed by atoms with E-state index in [9.17, 15) is 8.42 Å². The van der Waals surface area contributed by atoms with Crippen LogP contribution in [0.4, 0.5) is 0 Å². The highest BCUT2D eigenvalue weighted by Gasteiger charge is 2.24. The molecule has 0 atom stereocenters. The minimum absolute atomic E-state index is 0.177. The second-order valence-electron chi connectivity index (χ2n) is 5.78. The van der Waals surface area contributed by atoms with Gasteiger partial charge in [-0.05, 0) is 46.8 Å². The minimum atomic E-state index is -3.90. The predicted molar refractivity (Wildman–Crippen MR) is 79.6 cm³/mol. The molecule has 0 aromatic rings. The highest BCUT2D eigenvalue weighted by Crippen LogP contribution is 2.15. The summed E-state index contributed by atoms with van der Waals surface area (Å²) < 4.78 is 36.4. The molecule has 1 saturated heterocycles. The number of nitrogens with zero attached hydrogens (tertiary/aromatic N) is 2. The first-order valence-electron chi connectivity index (χ1n) is 7.27. The lowest BCUT2D eigenvalue weighted by atomic mass is 10.0. The van der Waals surface area contributed by atoms with E-state index < -0.39 is 10.1 Å². The summed E-state index contributed by atoms with van der Waals surface area (Å²) in [7, 11) is -1.81. The van der Waals surface area contributed by atoms with Crippen LogP contribution in [0.15, 0.2) is 0 Å². The minimum Gasteiger partial charge on any atom is -0.377 e. The molecule has 0 radical (unpaired) electrons. The Morgan fingerprint density at radius 2 is 1.90 bits per heavy atom. The Balaban J connectivity index is 2.49. The van der Waals surface area contributed by atoms with Crippen molar-refractivity contribution >= 4 is 10.1 Å². The Kier molecular flexibility index (Phi) is 7.39. The molecule has 0 spiro atoms. The molecule has 1 rings (SSSR count). The number of hydrogen-bond donors (Lipinski definition) is 1. The summed E-state index contributed by atoms with van der Waals surface area (Å²) >= 11 is 0. The molecule has 1 fully saturated rings. The lowest BCUT2D eigenvalue weighted by molar-refractivity contribution is 0.0402. The van der Waals surface area contributed by atoms with Crippen LogP contribution in [0.25, 0.3) is 0 Å². The van der Waals surface area contributed by atoms with Gasteiger partial charge >= 0.3 is 0 Å². The fourth-order valence-corrected chi connectivity index (χ4v) is 2.94. The fraction of sp³-hybridized carbons (Fsp3) is 1.00. The molecule has 20 heavy (non-hydrogen) atoms. The van der Waals surface area contributed by atoms with Crippen LogP contribution in [0.1, 0.15) is 26.7 Å². The third-order valence-corrected chi connectivity index (χ3v) is 4.37. The van der Waals surface area contributed by atoms with E-state index in [0.717, 1.165) is 25.9 Å². The van der Waals surface area contributed by atoms with Crippen LogP contribution in [0.5, 0.6) is 0 Å². The van der Waals surface area contributed by atoms with Gasteiger partial charge < -0.3 is 9.64 Å². The van der Waals surface area contributed by atoms with Gasteiger partial charge in [-0.15, -0.1) is 0 Å². The number of likely N-dealkylation sites (tertiary alicyclic amines) is 1.